The molecule has 0 atom stereocenters. The molecular formula is C13H17N5S2. The van der Waals surface area contributed by atoms with Crippen molar-refractivity contribution >= 4 is 34.7 Å². The molecule has 0 saturated heterocycles. The van der Waals surface area contributed by atoms with Crippen molar-refractivity contribution in [3.8, 4) is 0 Å². The number of fused-ring (bicyclic) bond motifs is 1. The Morgan fingerprint density at radius 2 is 2.15 bits per heavy atom. The minimum absolute atomic E-state index is 0.701. The lowest BCUT2D eigenvalue weighted by molar-refractivity contribution is 0.707. The fraction of sp³-hybridized carbons (Fsp3) is 0.462. The molecule has 0 aromatic carbocycles. The third-order valence-electron chi connectivity index (χ3n) is 3.40. The Bertz CT molecular complexity index is 805. The van der Waals surface area contributed by atoms with Crippen LogP contribution in [0.1, 0.15) is 29.4 Å². The summed E-state index contributed by atoms with van der Waals surface area (Å²) in [5, 5.41) is 5.62. The maximum Gasteiger partial charge on any atom is 0.179 e. The number of thiazole rings is 1. The van der Waals surface area contributed by atoms with Crippen LogP contribution in [0.15, 0.2) is 6.20 Å². The van der Waals surface area contributed by atoms with Crippen molar-refractivity contribution in [1.82, 2.24) is 24.3 Å². The van der Waals surface area contributed by atoms with E-state index >= 15 is 0 Å². The van der Waals surface area contributed by atoms with Crippen LogP contribution in [-0.2, 0) is 26.4 Å². The van der Waals surface area contributed by atoms with Gasteiger partial charge in [-0.1, -0.05) is 13.8 Å². The monoisotopic (exact) mass is 307 g/mol. The lowest BCUT2D eigenvalue weighted by atomic mass is 10.3. The standard InChI is InChI=1S/C13H17N5S2/c1-4-8-6-14-10(20-8)7-18-12-11(15-13(18)19)9(5-2)16-17(12)3/h6H,4-5,7H2,1-3H3,(H,15,19). The van der Waals surface area contributed by atoms with E-state index in [4.69, 9.17) is 12.2 Å². The maximum atomic E-state index is 5.45. The summed E-state index contributed by atoms with van der Waals surface area (Å²) in [5.74, 6) is 0. The van der Waals surface area contributed by atoms with Crippen molar-refractivity contribution in [2.45, 2.75) is 33.2 Å². The summed E-state index contributed by atoms with van der Waals surface area (Å²) >= 11 is 7.20. The first kappa shape index (κ1) is 13.5. The van der Waals surface area contributed by atoms with E-state index in [1.807, 2.05) is 17.9 Å². The van der Waals surface area contributed by atoms with Crippen LogP contribution < -0.4 is 0 Å². The normalized spacial score (nSPS) is 11.6. The predicted molar refractivity (Wildman–Crippen MR) is 83.9 cm³/mol. The Morgan fingerprint density at radius 1 is 1.35 bits per heavy atom. The van der Waals surface area contributed by atoms with Gasteiger partial charge in [-0.25, -0.2) is 4.98 Å². The largest absolute Gasteiger partial charge is 0.328 e. The first-order valence-electron chi connectivity index (χ1n) is 6.72. The van der Waals surface area contributed by atoms with E-state index in [1.54, 1.807) is 11.3 Å². The molecule has 7 heteroatoms. The molecule has 3 aromatic heterocycles. The average Bonchev–Trinajstić information content (AvgIpc) is 3.09. The van der Waals surface area contributed by atoms with Crippen molar-refractivity contribution in [3.05, 3.63) is 26.5 Å². The van der Waals surface area contributed by atoms with Crippen molar-refractivity contribution in [2.24, 2.45) is 7.05 Å². The van der Waals surface area contributed by atoms with Crippen LogP contribution in [0.3, 0.4) is 0 Å². The summed E-state index contributed by atoms with van der Waals surface area (Å²) in [6.07, 6.45) is 3.87. The summed E-state index contributed by atoms with van der Waals surface area (Å²) in [4.78, 5) is 9.06. The zero-order valence-electron chi connectivity index (χ0n) is 11.8. The molecule has 0 aliphatic heterocycles. The second kappa shape index (κ2) is 5.14. The molecule has 0 bridgehead atoms. The molecule has 0 radical (unpaired) electrons. The quantitative estimate of drug-likeness (QED) is 0.754. The number of rotatable bonds is 4. The lowest BCUT2D eigenvalue weighted by Gasteiger charge is -2.01. The smallest absolute Gasteiger partial charge is 0.179 e. The van der Waals surface area contributed by atoms with Gasteiger partial charge >= 0.3 is 0 Å². The molecule has 0 saturated carbocycles. The molecule has 106 valence electrons. The van der Waals surface area contributed by atoms with Crippen molar-refractivity contribution in [1.29, 1.82) is 0 Å². The number of nitrogens with zero attached hydrogens (tertiary/aromatic N) is 4. The number of nitrogens with one attached hydrogen (secondary N) is 1. The SMILES string of the molecule is CCc1cnc(Cn2c(=S)[nH]c3c(CC)nn(C)c32)s1. The molecule has 0 aliphatic rings. The van der Waals surface area contributed by atoms with Gasteiger partial charge < -0.3 is 4.98 Å². The van der Waals surface area contributed by atoms with Gasteiger partial charge in [0.25, 0.3) is 0 Å². The predicted octanol–water partition coefficient (Wildman–Crippen LogP) is 3.06. The highest BCUT2D eigenvalue weighted by Gasteiger charge is 2.15. The zero-order chi connectivity index (χ0) is 14.3. The molecule has 5 nitrogen and oxygen atoms in total. The number of aryl methyl sites for hydroxylation is 3. The molecule has 0 aliphatic carbocycles. The Labute approximate surface area is 126 Å². The Morgan fingerprint density at radius 3 is 2.80 bits per heavy atom. The van der Waals surface area contributed by atoms with Gasteiger partial charge in [-0.05, 0) is 25.1 Å². The molecule has 0 spiro atoms. The summed E-state index contributed by atoms with van der Waals surface area (Å²) < 4.78 is 4.71. The van der Waals surface area contributed by atoms with Crippen LogP contribution in [0, 0.1) is 4.77 Å². The van der Waals surface area contributed by atoms with Crippen LogP contribution in [0.25, 0.3) is 11.2 Å². The Kier molecular flexibility index (Phi) is 3.47. The van der Waals surface area contributed by atoms with E-state index in [-0.39, 0.29) is 0 Å². The first-order valence-corrected chi connectivity index (χ1v) is 7.94. The Hall–Kier alpha value is -1.47. The highest BCUT2D eigenvalue weighted by atomic mass is 32.1. The topological polar surface area (TPSA) is 51.4 Å². The van der Waals surface area contributed by atoms with E-state index in [1.165, 1.54) is 4.88 Å². The molecule has 0 fully saturated rings. The van der Waals surface area contributed by atoms with E-state index in [2.05, 4.69) is 33.5 Å². The van der Waals surface area contributed by atoms with Crippen LogP contribution in [0.5, 0.6) is 0 Å². The molecule has 1 N–H and O–H groups in total. The van der Waals surface area contributed by atoms with Gasteiger partial charge in [0.05, 0.1) is 12.2 Å². The summed E-state index contributed by atoms with van der Waals surface area (Å²) in [5.41, 5.74) is 3.15. The average molecular weight is 307 g/mol. The van der Waals surface area contributed by atoms with Crippen LogP contribution in [0.4, 0.5) is 0 Å². The summed E-state index contributed by atoms with van der Waals surface area (Å²) in [7, 11) is 1.96. The third kappa shape index (κ3) is 2.10. The van der Waals surface area contributed by atoms with Crippen molar-refractivity contribution in [2.75, 3.05) is 0 Å². The molecule has 3 rings (SSSR count). The van der Waals surface area contributed by atoms with Gasteiger partial charge in [0.1, 0.15) is 10.5 Å². The second-order valence-electron chi connectivity index (χ2n) is 4.71. The summed E-state index contributed by atoms with van der Waals surface area (Å²) in [6.45, 7) is 4.95. The molecule has 3 heterocycles. The van der Waals surface area contributed by atoms with Gasteiger partial charge in [0.15, 0.2) is 10.4 Å². The van der Waals surface area contributed by atoms with E-state index < -0.39 is 0 Å². The van der Waals surface area contributed by atoms with Crippen LogP contribution in [-0.4, -0.2) is 24.3 Å². The van der Waals surface area contributed by atoms with Gasteiger partial charge in [-0.2, -0.15) is 5.10 Å². The van der Waals surface area contributed by atoms with Gasteiger partial charge in [0, 0.05) is 18.1 Å². The molecule has 0 amide bonds. The maximum absolute atomic E-state index is 5.45. The highest BCUT2D eigenvalue weighted by molar-refractivity contribution is 7.71. The van der Waals surface area contributed by atoms with Gasteiger partial charge in [0.2, 0.25) is 0 Å². The lowest BCUT2D eigenvalue weighted by Crippen LogP contribution is -2.04. The van der Waals surface area contributed by atoms with E-state index in [9.17, 15) is 0 Å². The minimum Gasteiger partial charge on any atom is -0.328 e. The van der Waals surface area contributed by atoms with Crippen molar-refractivity contribution in [3.63, 3.8) is 0 Å². The number of H-pyrrole nitrogens is 1. The van der Waals surface area contributed by atoms with E-state index in [0.717, 1.165) is 39.5 Å². The fourth-order valence-electron chi connectivity index (χ4n) is 2.39. The highest BCUT2D eigenvalue weighted by Crippen LogP contribution is 2.21. The van der Waals surface area contributed by atoms with Gasteiger partial charge in [-0.15, -0.1) is 11.3 Å². The minimum atomic E-state index is 0.701. The number of imidazole rings is 1. The molecule has 0 unspecified atom stereocenters. The Balaban J connectivity index is 2.09. The molecule has 20 heavy (non-hydrogen) atoms. The molecular weight excluding hydrogens is 290 g/mol. The molecule has 3 aromatic rings. The second-order valence-corrected chi connectivity index (χ2v) is 6.30. The summed E-state index contributed by atoms with van der Waals surface area (Å²) in [6, 6.07) is 0. The number of aromatic nitrogens is 5. The van der Waals surface area contributed by atoms with E-state index in [0.29, 0.717) is 6.54 Å². The van der Waals surface area contributed by atoms with Crippen LogP contribution in [0.2, 0.25) is 0 Å². The van der Waals surface area contributed by atoms with Crippen LogP contribution >= 0.6 is 23.6 Å². The number of hydrogen-bond donors (Lipinski definition) is 1. The third-order valence-corrected chi connectivity index (χ3v) is 4.85. The zero-order valence-corrected chi connectivity index (χ0v) is 13.4. The van der Waals surface area contributed by atoms with Gasteiger partial charge in [-0.3, -0.25) is 9.25 Å². The number of aromatic amines is 1. The first-order chi connectivity index (χ1) is 9.63. The number of hydrogen-bond acceptors (Lipinski definition) is 4. The van der Waals surface area contributed by atoms with Crippen molar-refractivity contribution < 1.29 is 0 Å². The fourth-order valence-corrected chi connectivity index (χ4v) is 3.50.